The van der Waals surface area contributed by atoms with Crippen LogP contribution in [0.3, 0.4) is 0 Å². The summed E-state index contributed by atoms with van der Waals surface area (Å²) in [4.78, 5) is 0. The second-order valence-electron chi connectivity index (χ2n) is 2.15. The van der Waals surface area contributed by atoms with Crippen LogP contribution in [0.15, 0.2) is 11.1 Å². The molecular formula is C6H11NO. The Labute approximate surface area is 49.2 Å². The molecule has 0 radical (unpaired) electrons. The molecule has 0 atom stereocenters. The minimum atomic E-state index is 0.219. The summed E-state index contributed by atoms with van der Waals surface area (Å²) < 4.78 is 0. The smallest absolute Gasteiger partial charge is 0.0642 e. The van der Waals surface area contributed by atoms with Crippen LogP contribution in [-0.4, -0.2) is 24.8 Å². The highest BCUT2D eigenvalue weighted by molar-refractivity contribution is 5.21. The van der Waals surface area contributed by atoms with Crippen molar-refractivity contribution in [2.75, 3.05) is 19.7 Å². The molecule has 0 spiro atoms. The highest BCUT2D eigenvalue weighted by Gasteiger charge is 2.08. The van der Waals surface area contributed by atoms with E-state index in [1.807, 2.05) is 6.92 Å². The van der Waals surface area contributed by atoms with Crippen molar-refractivity contribution in [1.29, 1.82) is 0 Å². The summed E-state index contributed by atoms with van der Waals surface area (Å²) in [6.45, 7) is 4.14. The van der Waals surface area contributed by atoms with E-state index in [9.17, 15) is 0 Å². The first-order valence-electron chi connectivity index (χ1n) is 2.83. The lowest BCUT2D eigenvalue weighted by atomic mass is 10.1. The first-order valence-corrected chi connectivity index (χ1v) is 2.83. The van der Waals surface area contributed by atoms with E-state index in [-0.39, 0.29) is 6.61 Å². The summed E-state index contributed by atoms with van der Waals surface area (Å²) in [5, 5.41) is 11.7. The van der Waals surface area contributed by atoms with Gasteiger partial charge in [-0.3, -0.25) is 0 Å². The number of rotatable bonds is 1. The normalized spacial score (nSPS) is 18.0. The van der Waals surface area contributed by atoms with Crippen LogP contribution in [0.4, 0.5) is 0 Å². The van der Waals surface area contributed by atoms with E-state index in [0.717, 1.165) is 18.7 Å². The summed E-state index contributed by atoms with van der Waals surface area (Å²) in [7, 11) is 0. The van der Waals surface area contributed by atoms with Crippen LogP contribution in [0.1, 0.15) is 6.92 Å². The molecule has 1 heterocycles. The van der Waals surface area contributed by atoms with Crippen LogP contribution >= 0.6 is 0 Å². The van der Waals surface area contributed by atoms with Crippen molar-refractivity contribution in [3.05, 3.63) is 11.1 Å². The Morgan fingerprint density at radius 3 is 2.50 bits per heavy atom. The predicted molar refractivity (Wildman–Crippen MR) is 32.7 cm³/mol. The van der Waals surface area contributed by atoms with Gasteiger partial charge in [0.15, 0.2) is 0 Å². The second kappa shape index (κ2) is 2.29. The Morgan fingerprint density at radius 1 is 1.75 bits per heavy atom. The zero-order valence-electron chi connectivity index (χ0n) is 5.07. The van der Waals surface area contributed by atoms with Gasteiger partial charge >= 0.3 is 0 Å². The largest absolute Gasteiger partial charge is 0.392 e. The average molecular weight is 113 g/mol. The molecule has 8 heavy (non-hydrogen) atoms. The first-order chi connectivity index (χ1) is 3.84. The fraction of sp³-hybridized carbons (Fsp3) is 0.667. The number of aliphatic hydroxyl groups excluding tert-OH is 1. The molecule has 1 rings (SSSR count). The third kappa shape index (κ3) is 0.904. The van der Waals surface area contributed by atoms with E-state index in [1.165, 1.54) is 5.57 Å². The van der Waals surface area contributed by atoms with Crippen molar-refractivity contribution in [1.82, 2.24) is 5.32 Å². The van der Waals surface area contributed by atoms with Gasteiger partial charge in [-0.15, -0.1) is 0 Å². The molecule has 0 aromatic heterocycles. The maximum absolute atomic E-state index is 8.58. The monoisotopic (exact) mass is 113 g/mol. The quantitative estimate of drug-likeness (QED) is 0.465. The lowest BCUT2D eigenvalue weighted by Gasteiger charge is -2.20. The van der Waals surface area contributed by atoms with E-state index in [0.29, 0.717) is 0 Å². The molecule has 0 aliphatic carbocycles. The lowest BCUT2D eigenvalue weighted by Crippen LogP contribution is -2.35. The third-order valence-electron chi connectivity index (χ3n) is 1.52. The first kappa shape index (κ1) is 5.79. The van der Waals surface area contributed by atoms with Crippen LogP contribution in [-0.2, 0) is 0 Å². The fourth-order valence-electron chi connectivity index (χ4n) is 0.664. The zero-order valence-corrected chi connectivity index (χ0v) is 5.07. The molecule has 1 saturated heterocycles. The molecule has 0 unspecified atom stereocenters. The van der Waals surface area contributed by atoms with Crippen LogP contribution in [0.25, 0.3) is 0 Å². The summed E-state index contributed by atoms with van der Waals surface area (Å²) >= 11 is 0. The van der Waals surface area contributed by atoms with Gasteiger partial charge in [-0.1, -0.05) is 0 Å². The average Bonchev–Trinajstić information content (AvgIpc) is 1.62. The van der Waals surface area contributed by atoms with E-state index in [2.05, 4.69) is 5.32 Å². The fourth-order valence-corrected chi connectivity index (χ4v) is 0.664. The third-order valence-corrected chi connectivity index (χ3v) is 1.52. The minimum absolute atomic E-state index is 0.219. The summed E-state index contributed by atoms with van der Waals surface area (Å²) in [5.41, 5.74) is 2.50. The predicted octanol–water partition coefficient (Wildman–Crippen LogP) is -0.102. The summed E-state index contributed by atoms with van der Waals surface area (Å²) in [5.74, 6) is 0. The van der Waals surface area contributed by atoms with Crippen molar-refractivity contribution in [3.8, 4) is 0 Å². The highest BCUT2D eigenvalue weighted by Crippen LogP contribution is 2.06. The van der Waals surface area contributed by atoms with Gasteiger partial charge in [-0.2, -0.15) is 0 Å². The Kier molecular flexibility index (Phi) is 1.65. The SMILES string of the molecule is CC(CO)=C1CNC1. The van der Waals surface area contributed by atoms with Gasteiger partial charge in [0.1, 0.15) is 0 Å². The Morgan fingerprint density at radius 2 is 2.38 bits per heavy atom. The molecule has 1 aliphatic rings. The highest BCUT2D eigenvalue weighted by atomic mass is 16.3. The van der Waals surface area contributed by atoms with E-state index in [4.69, 9.17) is 5.11 Å². The molecule has 1 fully saturated rings. The molecule has 2 N–H and O–H groups in total. The maximum atomic E-state index is 8.58. The molecule has 2 nitrogen and oxygen atoms in total. The van der Waals surface area contributed by atoms with Crippen LogP contribution in [0.2, 0.25) is 0 Å². The Balaban J connectivity index is 2.47. The van der Waals surface area contributed by atoms with Gasteiger partial charge in [-0.25, -0.2) is 0 Å². The van der Waals surface area contributed by atoms with E-state index < -0.39 is 0 Å². The molecule has 46 valence electrons. The molecule has 0 aromatic rings. The molecular weight excluding hydrogens is 102 g/mol. The van der Waals surface area contributed by atoms with Gasteiger partial charge in [0.2, 0.25) is 0 Å². The van der Waals surface area contributed by atoms with Gasteiger partial charge < -0.3 is 10.4 Å². The molecule has 0 amide bonds. The number of hydrogen-bond acceptors (Lipinski definition) is 2. The molecule has 0 saturated carbocycles. The second-order valence-corrected chi connectivity index (χ2v) is 2.15. The van der Waals surface area contributed by atoms with Crippen molar-refractivity contribution >= 4 is 0 Å². The van der Waals surface area contributed by atoms with Gasteiger partial charge in [0.25, 0.3) is 0 Å². The number of hydrogen-bond donors (Lipinski definition) is 2. The summed E-state index contributed by atoms with van der Waals surface area (Å²) in [6.07, 6.45) is 0. The molecule has 2 heteroatoms. The zero-order chi connectivity index (χ0) is 5.98. The Bertz CT molecular complexity index is 106. The van der Waals surface area contributed by atoms with Crippen molar-refractivity contribution in [2.45, 2.75) is 6.92 Å². The van der Waals surface area contributed by atoms with Gasteiger partial charge in [-0.05, 0) is 18.1 Å². The minimum Gasteiger partial charge on any atom is -0.392 e. The van der Waals surface area contributed by atoms with Crippen molar-refractivity contribution in [3.63, 3.8) is 0 Å². The van der Waals surface area contributed by atoms with E-state index in [1.54, 1.807) is 0 Å². The van der Waals surface area contributed by atoms with Crippen LogP contribution in [0.5, 0.6) is 0 Å². The standard InChI is InChI=1S/C6H11NO/c1-5(4-8)6-2-7-3-6/h7-8H,2-4H2,1H3. The number of nitrogens with one attached hydrogen (secondary N) is 1. The Hall–Kier alpha value is -0.340. The lowest BCUT2D eigenvalue weighted by molar-refractivity contribution is 0.328. The van der Waals surface area contributed by atoms with Crippen molar-refractivity contribution in [2.24, 2.45) is 0 Å². The van der Waals surface area contributed by atoms with Crippen molar-refractivity contribution < 1.29 is 5.11 Å². The van der Waals surface area contributed by atoms with Gasteiger partial charge in [0.05, 0.1) is 6.61 Å². The van der Waals surface area contributed by atoms with Crippen LogP contribution < -0.4 is 5.32 Å². The van der Waals surface area contributed by atoms with Crippen LogP contribution in [0, 0.1) is 0 Å². The van der Waals surface area contributed by atoms with E-state index >= 15 is 0 Å². The number of aliphatic hydroxyl groups is 1. The molecule has 1 aliphatic heterocycles. The molecule has 0 bridgehead atoms. The maximum Gasteiger partial charge on any atom is 0.0642 e. The topological polar surface area (TPSA) is 32.3 Å². The molecule has 0 aromatic carbocycles. The summed E-state index contributed by atoms with van der Waals surface area (Å²) in [6, 6.07) is 0. The van der Waals surface area contributed by atoms with Gasteiger partial charge in [0, 0.05) is 13.1 Å².